The van der Waals surface area contributed by atoms with Gasteiger partial charge in [0.1, 0.15) is 6.23 Å². The van der Waals surface area contributed by atoms with Gasteiger partial charge in [0.2, 0.25) is 0 Å². The van der Waals surface area contributed by atoms with Crippen molar-refractivity contribution in [3.63, 3.8) is 0 Å². The lowest BCUT2D eigenvalue weighted by Gasteiger charge is -2.08. The first-order valence-corrected chi connectivity index (χ1v) is 3.36. The minimum absolute atomic E-state index is 0.00926. The van der Waals surface area contributed by atoms with Crippen LogP contribution in [0.2, 0.25) is 0 Å². The second kappa shape index (κ2) is 3.53. The summed E-state index contributed by atoms with van der Waals surface area (Å²) in [5.74, 6) is -0.837. The maximum Gasteiger partial charge on any atom is 0.317 e. The van der Waals surface area contributed by atoms with Crippen LogP contribution in [0.15, 0.2) is 0 Å². The van der Waals surface area contributed by atoms with E-state index in [4.69, 9.17) is 9.84 Å². The molecule has 1 heterocycles. The zero-order valence-electron chi connectivity index (χ0n) is 5.67. The molecule has 4 heteroatoms. The Balaban J connectivity index is 2.07. The van der Waals surface area contributed by atoms with Crippen LogP contribution in [0.1, 0.15) is 12.8 Å². The van der Waals surface area contributed by atoms with Crippen LogP contribution < -0.4 is 5.32 Å². The first-order valence-electron chi connectivity index (χ1n) is 3.36. The van der Waals surface area contributed by atoms with E-state index in [9.17, 15) is 4.79 Å². The Kier molecular flexibility index (Phi) is 2.65. The molecular weight excluding hydrogens is 134 g/mol. The van der Waals surface area contributed by atoms with Crippen molar-refractivity contribution in [3.05, 3.63) is 0 Å². The van der Waals surface area contributed by atoms with Gasteiger partial charge in [0, 0.05) is 6.61 Å². The number of nitrogens with one attached hydrogen (secondary N) is 1. The summed E-state index contributed by atoms with van der Waals surface area (Å²) in [6.07, 6.45) is 1.92. The molecule has 1 aliphatic rings. The van der Waals surface area contributed by atoms with Crippen molar-refractivity contribution in [2.24, 2.45) is 0 Å². The minimum Gasteiger partial charge on any atom is -0.480 e. The number of rotatable bonds is 3. The molecule has 1 saturated heterocycles. The molecule has 10 heavy (non-hydrogen) atoms. The summed E-state index contributed by atoms with van der Waals surface area (Å²) in [4.78, 5) is 10.0. The summed E-state index contributed by atoms with van der Waals surface area (Å²) in [6.45, 7) is 0.738. The van der Waals surface area contributed by atoms with E-state index in [0.717, 1.165) is 19.4 Å². The van der Waals surface area contributed by atoms with E-state index in [-0.39, 0.29) is 12.8 Å². The third kappa shape index (κ3) is 2.33. The van der Waals surface area contributed by atoms with Gasteiger partial charge in [-0.1, -0.05) is 0 Å². The van der Waals surface area contributed by atoms with E-state index in [0.29, 0.717) is 0 Å². The Morgan fingerprint density at radius 1 is 1.80 bits per heavy atom. The number of ether oxygens (including phenoxy) is 1. The van der Waals surface area contributed by atoms with Gasteiger partial charge in [-0.25, -0.2) is 0 Å². The zero-order chi connectivity index (χ0) is 7.40. The van der Waals surface area contributed by atoms with Gasteiger partial charge in [0.15, 0.2) is 0 Å². The van der Waals surface area contributed by atoms with E-state index < -0.39 is 5.97 Å². The highest BCUT2D eigenvalue weighted by atomic mass is 16.5. The van der Waals surface area contributed by atoms with Crippen molar-refractivity contribution in [1.82, 2.24) is 5.32 Å². The summed E-state index contributed by atoms with van der Waals surface area (Å²) >= 11 is 0. The average Bonchev–Trinajstić information content (AvgIpc) is 2.34. The van der Waals surface area contributed by atoms with Crippen molar-refractivity contribution in [2.75, 3.05) is 13.2 Å². The fourth-order valence-electron chi connectivity index (χ4n) is 0.940. The Morgan fingerprint density at radius 3 is 3.10 bits per heavy atom. The van der Waals surface area contributed by atoms with Crippen LogP contribution >= 0.6 is 0 Å². The van der Waals surface area contributed by atoms with Crippen LogP contribution in [-0.4, -0.2) is 30.5 Å². The maximum absolute atomic E-state index is 10.0. The van der Waals surface area contributed by atoms with Crippen LogP contribution in [0.4, 0.5) is 0 Å². The molecule has 58 valence electrons. The van der Waals surface area contributed by atoms with E-state index >= 15 is 0 Å². The predicted molar refractivity (Wildman–Crippen MR) is 34.6 cm³/mol. The van der Waals surface area contributed by atoms with Gasteiger partial charge in [0.25, 0.3) is 0 Å². The molecular formula is C6H11NO3. The summed E-state index contributed by atoms with van der Waals surface area (Å²) in [6, 6.07) is 0. The normalized spacial score (nSPS) is 25.0. The molecule has 0 radical (unpaired) electrons. The molecule has 0 saturated carbocycles. The van der Waals surface area contributed by atoms with Crippen molar-refractivity contribution in [3.8, 4) is 0 Å². The molecule has 0 aromatic carbocycles. The first-order chi connectivity index (χ1) is 4.79. The highest BCUT2D eigenvalue weighted by molar-refractivity contribution is 5.69. The van der Waals surface area contributed by atoms with E-state index in [1.165, 1.54) is 0 Å². The Bertz CT molecular complexity index is 120. The Morgan fingerprint density at radius 2 is 2.60 bits per heavy atom. The smallest absolute Gasteiger partial charge is 0.317 e. The Hall–Kier alpha value is -0.610. The van der Waals surface area contributed by atoms with Gasteiger partial charge in [-0.3, -0.25) is 10.1 Å². The topological polar surface area (TPSA) is 58.6 Å². The third-order valence-corrected chi connectivity index (χ3v) is 1.41. The fourth-order valence-corrected chi connectivity index (χ4v) is 0.940. The Labute approximate surface area is 59.2 Å². The molecule has 0 aromatic heterocycles. The standard InChI is InChI=1S/C6H11NO3/c8-6(9)4-7-5-2-1-3-10-5/h5,7H,1-4H2,(H,8,9)/t5-/m1/s1. The molecule has 4 nitrogen and oxygen atoms in total. The monoisotopic (exact) mass is 145 g/mol. The number of carbonyl (C=O) groups is 1. The molecule has 0 aliphatic carbocycles. The number of hydrogen-bond donors (Lipinski definition) is 2. The molecule has 1 atom stereocenters. The SMILES string of the molecule is O=C(O)CN[C@H]1CCCO1. The van der Waals surface area contributed by atoms with Crippen LogP contribution in [0, 0.1) is 0 Å². The lowest BCUT2D eigenvalue weighted by molar-refractivity contribution is -0.136. The van der Waals surface area contributed by atoms with Crippen LogP contribution in [0.3, 0.4) is 0 Å². The zero-order valence-corrected chi connectivity index (χ0v) is 5.67. The summed E-state index contributed by atoms with van der Waals surface area (Å²) in [7, 11) is 0. The highest BCUT2D eigenvalue weighted by Crippen LogP contribution is 2.07. The van der Waals surface area contributed by atoms with Crippen LogP contribution in [-0.2, 0) is 9.53 Å². The van der Waals surface area contributed by atoms with Crippen molar-refractivity contribution >= 4 is 5.97 Å². The highest BCUT2D eigenvalue weighted by Gasteiger charge is 2.14. The van der Waals surface area contributed by atoms with Crippen molar-refractivity contribution in [1.29, 1.82) is 0 Å². The molecule has 0 aromatic rings. The van der Waals surface area contributed by atoms with Crippen molar-refractivity contribution in [2.45, 2.75) is 19.1 Å². The summed E-state index contributed by atoms with van der Waals surface area (Å²) in [5, 5.41) is 11.0. The molecule has 1 rings (SSSR count). The van der Waals surface area contributed by atoms with E-state index in [2.05, 4.69) is 5.32 Å². The number of hydrogen-bond acceptors (Lipinski definition) is 3. The second-order valence-corrected chi connectivity index (χ2v) is 2.28. The molecule has 0 amide bonds. The number of carboxylic acid groups (broad SMARTS) is 1. The second-order valence-electron chi connectivity index (χ2n) is 2.28. The van der Waals surface area contributed by atoms with Crippen molar-refractivity contribution < 1.29 is 14.6 Å². The van der Waals surface area contributed by atoms with Gasteiger partial charge < -0.3 is 9.84 Å². The van der Waals surface area contributed by atoms with Gasteiger partial charge in [-0.15, -0.1) is 0 Å². The van der Waals surface area contributed by atoms with Gasteiger partial charge >= 0.3 is 5.97 Å². The van der Waals surface area contributed by atoms with Gasteiger partial charge in [-0.05, 0) is 12.8 Å². The van der Waals surface area contributed by atoms with Crippen LogP contribution in [0.25, 0.3) is 0 Å². The summed E-state index contributed by atoms with van der Waals surface area (Å²) in [5.41, 5.74) is 0. The van der Waals surface area contributed by atoms with E-state index in [1.54, 1.807) is 0 Å². The van der Waals surface area contributed by atoms with Crippen LogP contribution in [0.5, 0.6) is 0 Å². The number of carboxylic acids is 1. The number of aliphatic carboxylic acids is 1. The van der Waals surface area contributed by atoms with Gasteiger partial charge in [-0.2, -0.15) is 0 Å². The lowest BCUT2D eigenvalue weighted by Crippen LogP contribution is -2.32. The fraction of sp³-hybridized carbons (Fsp3) is 0.833. The molecule has 0 unspecified atom stereocenters. The quantitative estimate of drug-likeness (QED) is 0.577. The molecule has 0 bridgehead atoms. The minimum atomic E-state index is -0.837. The molecule has 2 N–H and O–H groups in total. The maximum atomic E-state index is 10.0. The van der Waals surface area contributed by atoms with Gasteiger partial charge in [0.05, 0.1) is 6.54 Å². The third-order valence-electron chi connectivity index (χ3n) is 1.41. The molecule has 0 spiro atoms. The largest absolute Gasteiger partial charge is 0.480 e. The average molecular weight is 145 g/mol. The lowest BCUT2D eigenvalue weighted by atomic mass is 10.3. The first kappa shape index (κ1) is 7.50. The summed E-state index contributed by atoms with van der Waals surface area (Å²) < 4.78 is 5.13. The molecule has 1 fully saturated rings. The van der Waals surface area contributed by atoms with E-state index in [1.807, 2.05) is 0 Å². The molecule has 1 aliphatic heterocycles. The predicted octanol–water partition coefficient (Wildman–Crippen LogP) is -0.203.